The Balaban J connectivity index is 1.44. The Hall–Kier alpha value is -3.13. The summed E-state index contributed by atoms with van der Waals surface area (Å²) in [5.74, 6) is 0.394. The molecule has 0 unspecified atom stereocenters. The Morgan fingerprint density at radius 2 is 1.72 bits per heavy atom. The molecule has 210 valence electrons. The Morgan fingerprint density at radius 1 is 1.10 bits per heavy atom. The largest absolute Gasteiger partial charge is 0.491 e. The molecule has 2 aromatic rings. The third kappa shape index (κ3) is 5.36. The van der Waals surface area contributed by atoms with Gasteiger partial charge in [0.15, 0.2) is 0 Å². The molecular weight excluding hydrogens is 497 g/mol. The lowest BCUT2D eigenvalue weighted by atomic mass is 9.53. The number of amidine groups is 1. The third-order valence-electron chi connectivity index (χ3n) is 9.33. The lowest BCUT2D eigenvalue weighted by Crippen LogP contribution is -2.55. The normalized spacial score (nSPS) is 30.2. The van der Waals surface area contributed by atoms with Crippen LogP contribution < -0.4 is 15.4 Å². The highest BCUT2D eigenvalue weighted by Crippen LogP contribution is 2.57. The average molecular weight is 538 g/mol. The molecule has 0 aliphatic heterocycles. The van der Waals surface area contributed by atoms with Crippen molar-refractivity contribution in [2.75, 3.05) is 11.4 Å². The van der Waals surface area contributed by atoms with E-state index in [0.29, 0.717) is 42.0 Å². The minimum atomic E-state index is -0.825. The monoisotopic (exact) mass is 537 g/mol. The summed E-state index contributed by atoms with van der Waals surface area (Å²) in [6.45, 7) is 6.20. The molecule has 39 heavy (non-hydrogen) atoms. The first-order valence-corrected chi connectivity index (χ1v) is 14.0. The lowest BCUT2D eigenvalue weighted by Gasteiger charge is -2.54. The Kier molecular flexibility index (Phi) is 7.12. The number of ether oxygens (including phenoxy) is 1. The number of hydrogen-bond donors (Lipinski definition) is 3. The topological polar surface area (TPSA) is 108 Å². The van der Waals surface area contributed by atoms with Gasteiger partial charge in [-0.05, 0) is 113 Å². The van der Waals surface area contributed by atoms with Crippen LogP contribution in [-0.4, -0.2) is 40.3 Å². The average Bonchev–Trinajstić information content (AvgIpc) is 2.91. The summed E-state index contributed by atoms with van der Waals surface area (Å²) in [7, 11) is 0. The molecule has 0 atom stereocenters. The number of nitrogens with two attached hydrogens (primary N) is 1. The minimum Gasteiger partial charge on any atom is -0.491 e. The van der Waals surface area contributed by atoms with Gasteiger partial charge >= 0.3 is 0 Å². The predicted molar refractivity (Wildman–Crippen MR) is 149 cm³/mol. The van der Waals surface area contributed by atoms with Gasteiger partial charge in [0.1, 0.15) is 17.4 Å². The molecule has 0 spiro atoms. The van der Waals surface area contributed by atoms with Crippen LogP contribution in [0.25, 0.3) is 11.1 Å². The van der Waals surface area contributed by atoms with Crippen LogP contribution in [0.2, 0.25) is 0 Å². The molecule has 4 fully saturated rings. The number of fused-ring (bicyclic) bond motifs is 3. The van der Waals surface area contributed by atoms with Crippen molar-refractivity contribution in [3.05, 3.63) is 48.3 Å². The Labute approximate surface area is 229 Å². The van der Waals surface area contributed by atoms with Gasteiger partial charge < -0.3 is 25.7 Å². The maximum atomic E-state index is 15.1. The van der Waals surface area contributed by atoms with E-state index in [1.54, 1.807) is 19.1 Å². The van der Waals surface area contributed by atoms with Gasteiger partial charge in [0.25, 0.3) is 0 Å². The number of benzene rings is 2. The fraction of sp³-hybridized carbons (Fsp3) is 0.548. The first-order chi connectivity index (χ1) is 18.4. The van der Waals surface area contributed by atoms with Crippen molar-refractivity contribution in [2.45, 2.75) is 83.8 Å². The summed E-state index contributed by atoms with van der Waals surface area (Å²) in [5, 5.41) is 23.0. The summed E-state index contributed by atoms with van der Waals surface area (Å²) >= 11 is 0. The first-order valence-electron chi connectivity index (χ1n) is 14.0. The Bertz CT molecular complexity index is 1220. The molecule has 4 N–H and O–H groups in total. The summed E-state index contributed by atoms with van der Waals surface area (Å²) in [6, 6.07) is 12.2. The van der Waals surface area contributed by atoms with Gasteiger partial charge in [-0.25, -0.2) is 4.39 Å². The van der Waals surface area contributed by atoms with Gasteiger partial charge in [0.2, 0.25) is 5.91 Å². The molecule has 0 aromatic heterocycles. The standard InChI is InChI=1S/C31H40FN3O4/c1-20(2)39-24-7-4-21(5-8-24)25-16-23(6-9-26(25)32)35(27(36)22-17-29(3,37)18-22)19-30-10-13-31(14-11-30,15-12-30)28(33)34-38/h4-9,16,20,22,37-38H,10-15,17-19H2,1-3H3,(H2,33,34)/t22-,29+,30?,31?. The Morgan fingerprint density at radius 3 is 2.26 bits per heavy atom. The summed E-state index contributed by atoms with van der Waals surface area (Å²) < 4.78 is 20.9. The second-order valence-electron chi connectivity index (χ2n) is 12.6. The fourth-order valence-corrected chi connectivity index (χ4v) is 6.91. The summed E-state index contributed by atoms with van der Waals surface area (Å²) in [6.07, 6.45) is 5.98. The quantitative estimate of drug-likeness (QED) is 0.169. The molecule has 6 rings (SSSR count). The van der Waals surface area contributed by atoms with Crippen LogP contribution in [0.1, 0.15) is 72.1 Å². The number of oxime groups is 1. The number of anilines is 1. The number of hydrogen-bond acceptors (Lipinski definition) is 5. The minimum absolute atomic E-state index is 0.0204. The van der Waals surface area contributed by atoms with Crippen molar-refractivity contribution in [1.82, 2.24) is 0 Å². The van der Waals surface area contributed by atoms with Gasteiger partial charge in [-0.2, -0.15) is 0 Å². The van der Waals surface area contributed by atoms with E-state index in [4.69, 9.17) is 10.5 Å². The zero-order chi connectivity index (χ0) is 28.0. The van der Waals surface area contributed by atoms with E-state index < -0.39 is 5.60 Å². The molecule has 2 aromatic carbocycles. The maximum Gasteiger partial charge on any atom is 0.230 e. The molecule has 0 saturated heterocycles. The highest BCUT2D eigenvalue weighted by Gasteiger charge is 2.52. The van der Waals surface area contributed by atoms with Crippen LogP contribution in [0, 0.1) is 22.6 Å². The second kappa shape index (κ2) is 10.1. The number of aliphatic hydroxyl groups is 1. The molecule has 4 saturated carbocycles. The zero-order valence-electron chi connectivity index (χ0n) is 23.1. The molecule has 4 aliphatic rings. The first kappa shape index (κ1) is 27.4. The van der Waals surface area contributed by atoms with Gasteiger partial charge in [-0.15, -0.1) is 0 Å². The van der Waals surface area contributed by atoms with Crippen molar-refractivity contribution in [3.8, 4) is 16.9 Å². The van der Waals surface area contributed by atoms with Crippen LogP contribution in [0.5, 0.6) is 5.75 Å². The third-order valence-corrected chi connectivity index (χ3v) is 9.33. The number of carbonyl (C=O) groups is 1. The van der Waals surface area contributed by atoms with E-state index in [2.05, 4.69) is 5.16 Å². The molecule has 0 heterocycles. The number of nitrogens with zero attached hydrogens (tertiary/aromatic N) is 2. The van der Waals surface area contributed by atoms with Crippen LogP contribution in [-0.2, 0) is 4.79 Å². The highest BCUT2D eigenvalue weighted by molar-refractivity contribution is 5.96. The summed E-state index contributed by atoms with van der Waals surface area (Å²) in [4.78, 5) is 15.7. The van der Waals surface area contributed by atoms with E-state index in [0.717, 1.165) is 44.3 Å². The van der Waals surface area contributed by atoms with E-state index in [9.17, 15) is 15.1 Å². The molecule has 1 amide bonds. The zero-order valence-corrected chi connectivity index (χ0v) is 23.1. The van der Waals surface area contributed by atoms with E-state index in [1.165, 1.54) is 6.07 Å². The van der Waals surface area contributed by atoms with E-state index in [1.807, 2.05) is 43.0 Å². The van der Waals surface area contributed by atoms with Crippen molar-refractivity contribution >= 4 is 17.4 Å². The molecule has 8 heteroatoms. The van der Waals surface area contributed by atoms with Crippen molar-refractivity contribution < 1.29 is 24.2 Å². The SMILES string of the molecule is CC(C)Oc1ccc(-c2cc(N(CC34CCC(/C(N)=N/O)(CC3)CC4)C(=O)[C@H]3C[C@@](C)(O)C3)ccc2F)cc1. The highest BCUT2D eigenvalue weighted by atomic mass is 19.1. The smallest absolute Gasteiger partial charge is 0.230 e. The lowest BCUT2D eigenvalue weighted by molar-refractivity contribution is -0.137. The van der Waals surface area contributed by atoms with Crippen molar-refractivity contribution in [1.29, 1.82) is 0 Å². The van der Waals surface area contributed by atoms with Gasteiger partial charge in [0, 0.05) is 29.1 Å². The van der Waals surface area contributed by atoms with Gasteiger partial charge in [-0.3, -0.25) is 4.79 Å². The molecule has 2 bridgehead atoms. The van der Waals surface area contributed by atoms with Crippen LogP contribution in [0.3, 0.4) is 0 Å². The molecular formula is C31H40FN3O4. The number of amides is 1. The summed E-state index contributed by atoms with van der Waals surface area (Å²) in [5.41, 5.74) is 6.72. The van der Waals surface area contributed by atoms with Crippen LogP contribution in [0.15, 0.2) is 47.6 Å². The maximum absolute atomic E-state index is 15.1. The van der Waals surface area contributed by atoms with Crippen molar-refractivity contribution in [2.24, 2.45) is 27.6 Å². The predicted octanol–water partition coefficient (Wildman–Crippen LogP) is 5.86. The molecule has 4 aliphatic carbocycles. The number of halogens is 1. The molecule has 7 nitrogen and oxygen atoms in total. The van der Waals surface area contributed by atoms with Gasteiger partial charge in [0.05, 0.1) is 11.7 Å². The van der Waals surface area contributed by atoms with Gasteiger partial charge in [-0.1, -0.05) is 17.3 Å². The van der Waals surface area contributed by atoms with E-state index >= 15 is 4.39 Å². The van der Waals surface area contributed by atoms with E-state index in [-0.39, 0.29) is 34.6 Å². The van der Waals surface area contributed by atoms with Crippen LogP contribution >= 0.6 is 0 Å². The second-order valence-corrected chi connectivity index (χ2v) is 12.6. The number of rotatable bonds is 8. The number of carbonyl (C=O) groups excluding carboxylic acids is 1. The van der Waals surface area contributed by atoms with Crippen LogP contribution in [0.4, 0.5) is 10.1 Å². The fourth-order valence-electron chi connectivity index (χ4n) is 6.91. The molecule has 0 radical (unpaired) electrons. The van der Waals surface area contributed by atoms with Crippen molar-refractivity contribution in [3.63, 3.8) is 0 Å².